The van der Waals surface area contributed by atoms with Gasteiger partial charge in [-0.3, -0.25) is 9.88 Å². The first kappa shape index (κ1) is 15.3. The van der Waals surface area contributed by atoms with E-state index in [2.05, 4.69) is 69.8 Å². The van der Waals surface area contributed by atoms with Crippen LogP contribution < -0.4 is 5.32 Å². The molecular formula is C21H23N3. The molecule has 1 aromatic heterocycles. The van der Waals surface area contributed by atoms with Gasteiger partial charge in [-0.1, -0.05) is 42.5 Å². The SMILES string of the molecule is c1ccc2c(C(c3ccncc3)N3CCCNCC3)cccc2c1. The molecule has 2 heterocycles. The van der Waals surface area contributed by atoms with Gasteiger partial charge in [-0.2, -0.15) is 0 Å². The van der Waals surface area contributed by atoms with E-state index in [0.29, 0.717) is 0 Å². The maximum Gasteiger partial charge on any atom is 0.0609 e. The molecule has 0 bridgehead atoms. The van der Waals surface area contributed by atoms with E-state index in [1.165, 1.54) is 28.3 Å². The third-order valence-corrected chi connectivity index (χ3v) is 4.88. The zero-order valence-electron chi connectivity index (χ0n) is 13.9. The number of hydrogen-bond donors (Lipinski definition) is 1. The van der Waals surface area contributed by atoms with Gasteiger partial charge < -0.3 is 5.32 Å². The van der Waals surface area contributed by atoms with Crippen molar-refractivity contribution >= 4 is 10.8 Å². The lowest BCUT2D eigenvalue weighted by Crippen LogP contribution is -2.33. The molecule has 1 atom stereocenters. The Kier molecular flexibility index (Phi) is 4.54. The van der Waals surface area contributed by atoms with Crippen molar-refractivity contribution in [3.05, 3.63) is 78.1 Å². The Labute approximate surface area is 143 Å². The van der Waals surface area contributed by atoms with Crippen molar-refractivity contribution < 1.29 is 0 Å². The summed E-state index contributed by atoms with van der Waals surface area (Å²) < 4.78 is 0. The number of aromatic nitrogens is 1. The largest absolute Gasteiger partial charge is 0.315 e. The van der Waals surface area contributed by atoms with Crippen molar-refractivity contribution in [3.63, 3.8) is 0 Å². The molecule has 0 saturated carbocycles. The van der Waals surface area contributed by atoms with Crippen molar-refractivity contribution in [2.24, 2.45) is 0 Å². The van der Waals surface area contributed by atoms with Crippen LogP contribution in [-0.2, 0) is 0 Å². The second-order valence-corrected chi connectivity index (χ2v) is 6.39. The molecule has 1 fully saturated rings. The second kappa shape index (κ2) is 7.12. The minimum atomic E-state index is 0.277. The minimum Gasteiger partial charge on any atom is -0.315 e. The van der Waals surface area contributed by atoms with Crippen molar-refractivity contribution in [1.29, 1.82) is 0 Å². The lowest BCUT2D eigenvalue weighted by Gasteiger charge is -2.32. The molecule has 1 N–H and O–H groups in total. The molecule has 0 amide bonds. The predicted octanol–water partition coefficient (Wildman–Crippen LogP) is 3.62. The maximum absolute atomic E-state index is 4.22. The van der Waals surface area contributed by atoms with Crippen LogP contribution in [-0.4, -0.2) is 36.1 Å². The molecule has 2 aromatic carbocycles. The Morgan fingerprint density at radius 3 is 2.62 bits per heavy atom. The number of nitrogens with zero attached hydrogens (tertiary/aromatic N) is 2. The molecule has 24 heavy (non-hydrogen) atoms. The van der Waals surface area contributed by atoms with Gasteiger partial charge in [-0.25, -0.2) is 0 Å². The molecule has 1 unspecified atom stereocenters. The topological polar surface area (TPSA) is 28.2 Å². The van der Waals surface area contributed by atoms with Crippen molar-refractivity contribution in [1.82, 2.24) is 15.2 Å². The van der Waals surface area contributed by atoms with Gasteiger partial charge >= 0.3 is 0 Å². The van der Waals surface area contributed by atoms with Crippen LogP contribution in [0.4, 0.5) is 0 Å². The van der Waals surface area contributed by atoms with E-state index in [1.807, 2.05) is 12.4 Å². The molecule has 3 aromatic rings. The third kappa shape index (κ3) is 3.05. The summed E-state index contributed by atoms with van der Waals surface area (Å²) in [6.45, 7) is 4.33. The molecule has 1 saturated heterocycles. The first-order valence-corrected chi connectivity index (χ1v) is 8.76. The summed E-state index contributed by atoms with van der Waals surface area (Å²) in [5, 5.41) is 6.17. The van der Waals surface area contributed by atoms with Crippen LogP contribution in [0.15, 0.2) is 67.0 Å². The zero-order valence-corrected chi connectivity index (χ0v) is 13.9. The van der Waals surface area contributed by atoms with Gasteiger partial charge in [0.2, 0.25) is 0 Å². The smallest absolute Gasteiger partial charge is 0.0609 e. The van der Waals surface area contributed by atoms with E-state index in [9.17, 15) is 0 Å². The Morgan fingerprint density at radius 1 is 0.875 bits per heavy atom. The van der Waals surface area contributed by atoms with Gasteiger partial charge in [0, 0.05) is 32.0 Å². The van der Waals surface area contributed by atoms with Crippen LogP contribution in [0.25, 0.3) is 10.8 Å². The fraction of sp³-hybridized carbons (Fsp3) is 0.286. The summed E-state index contributed by atoms with van der Waals surface area (Å²) in [4.78, 5) is 6.82. The molecule has 122 valence electrons. The Bertz CT molecular complexity index is 787. The fourth-order valence-electron chi connectivity index (χ4n) is 3.75. The van der Waals surface area contributed by atoms with Gasteiger partial charge in [0.25, 0.3) is 0 Å². The van der Waals surface area contributed by atoms with Gasteiger partial charge in [0.05, 0.1) is 6.04 Å². The lowest BCUT2D eigenvalue weighted by atomic mass is 9.93. The first-order valence-electron chi connectivity index (χ1n) is 8.76. The number of hydrogen-bond acceptors (Lipinski definition) is 3. The molecule has 1 aliphatic heterocycles. The summed E-state index contributed by atoms with van der Waals surface area (Å²) in [6, 6.07) is 20.0. The van der Waals surface area contributed by atoms with Crippen LogP contribution in [0.5, 0.6) is 0 Å². The third-order valence-electron chi connectivity index (χ3n) is 4.88. The highest BCUT2D eigenvalue weighted by molar-refractivity contribution is 5.86. The molecule has 3 nitrogen and oxygen atoms in total. The molecule has 4 rings (SSSR count). The van der Waals surface area contributed by atoms with Crippen LogP contribution in [0.3, 0.4) is 0 Å². The first-order chi connectivity index (χ1) is 11.9. The molecule has 0 aliphatic carbocycles. The maximum atomic E-state index is 4.22. The van der Waals surface area contributed by atoms with Gasteiger partial charge in [-0.15, -0.1) is 0 Å². The standard InChI is InChI=1S/C21H23N3/c1-2-7-19-17(5-1)6-3-8-20(19)21(18-9-12-23-13-10-18)24-15-4-11-22-14-16-24/h1-3,5-10,12-13,21-22H,4,11,14-16H2. The predicted molar refractivity (Wildman–Crippen MR) is 99.1 cm³/mol. The van der Waals surface area contributed by atoms with Crippen molar-refractivity contribution in [2.75, 3.05) is 26.2 Å². The number of rotatable bonds is 3. The number of benzene rings is 2. The van der Waals surface area contributed by atoms with Crippen molar-refractivity contribution in [3.8, 4) is 0 Å². The van der Waals surface area contributed by atoms with Gasteiger partial charge in [0.15, 0.2) is 0 Å². The quantitative estimate of drug-likeness (QED) is 0.800. The highest BCUT2D eigenvalue weighted by atomic mass is 15.2. The summed E-state index contributed by atoms with van der Waals surface area (Å²) in [6.07, 6.45) is 5.00. The van der Waals surface area contributed by atoms with Crippen LogP contribution in [0.1, 0.15) is 23.6 Å². The molecule has 0 radical (unpaired) electrons. The summed E-state index contributed by atoms with van der Waals surface area (Å²) in [5.41, 5.74) is 2.71. The number of pyridine rings is 1. The average Bonchev–Trinajstić information content (AvgIpc) is 2.93. The Morgan fingerprint density at radius 2 is 1.71 bits per heavy atom. The van der Waals surface area contributed by atoms with E-state index in [-0.39, 0.29) is 6.04 Å². The van der Waals surface area contributed by atoms with E-state index < -0.39 is 0 Å². The summed E-state index contributed by atoms with van der Waals surface area (Å²) in [5.74, 6) is 0. The van der Waals surface area contributed by atoms with Gasteiger partial charge in [0.1, 0.15) is 0 Å². The molecular weight excluding hydrogens is 294 g/mol. The van der Waals surface area contributed by atoms with E-state index in [1.54, 1.807) is 0 Å². The van der Waals surface area contributed by atoms with E-state index in [0.717, 1.165) is 26.2 Å². The van der Waals surface area contributed by atoms with Gasteiger partial charge in [-0.05, 0) is 47.0 Å². The van der Waals surface area contributed by atoms with Crippen LogP contribution in [0.2, 0.25) is 0 Å². The van der Waals surface area contributed by atoms with Crippen LogP contribution >= 0.6 is 0 Å². The zero-order chi connectivity index (χ0) is 16.2. The Hall–Kier alpha value is -2.23. The summed E-state index contributed by atoms with van der Waals surface area (Å²) >= 11 is 0. The van der Waals surface area contributed by atoms with Crippen molar-refractivity contribution in [2.45, 2.75) is 12.5 Å². The monoisotopic (exact) mass is 317 g/mol. The molecule has 0 spiro atoms. The normalized spacial score (nSPS) is 17.5. The highest BCUT2D eigenvalue weighted by Crippen LogP contribution is 2.33. The summed E-state index contributed by atoms with van der Waals surface area (Å²) in [7, 11) is 0. The van der Waals surface area contributed by atoms with E-state index in [4.69, 9.17) is 0 Å². The highest BCUT2D eigenvalue weighted by Gasteiger charge is 2.24. The molecule has 1 aliphatic rings. The second-order valence-electron chi connectivity index (χ2n) is 6.39. The Balaban J connectivity index is 1.85. The average molecular weight is 317 g/mol. The minimum absolute atomic E-state index is 0.277. The van der Waals surface area contributed by atoms with Crippen LogP contribution in [0, 0.1) is 0 Å². The number of nitrogens with one attached hydrogen (secondary N) is 1. The number of fused-ring (bicyclic) bond motifs is 1. The van der Waals surface area contributed by atoms with E-state index >= 15 is 0 Å². The lowest BCUT2D eigenvalue weighted by molar-refractivity contribution is 0.242. The fourth-order valence-corrected chi connectivity index (χ4v) is 3.75. The molecule has 3 heteroatoms.